The van der Waals surface area contributed by atoms with Gasteiger partial charge in [0.2, 0.25) is 0 Å². The van der Waals surface area contributed by atoms with Crippen LogP contribution in [-0.4, -0.2) is 12.6 Å². The molecule has 0 aliphatic heterocycles. The first-order valence-corrected chi connectivity index (χ1v) is 5.86. The first kappa shape index (κ1) is 14.5. The van der Waals surface area contributed by atoms with Gasteiger partial charge >= 0.3 is 5.97 Å². The lowest BCUT2D eigenvalue weighted by molar-refractivity contribution is -0.138. The molecule has 0 amide bonds. The van der Waals surface area contributed by atoms with E-state index >= 15 is 0 Å². The predicted octanol–water partition coefficient (Wildman–Crippen LogP) is 2.66. The second kappa shape index (κ2) is 6.98. The third-order valence-corrected chi connectivity index (χ3v) is 2.27. The Morgan fingerprint density at radius 1 is 1.32 bits per heavy atom. The van der Waals surface area contributed by atoms with Crippen LogP contribution >= 0.6 is 0 Å². The average molecular weight is 254 g/mol. The van der Waals surface area contributed by atoms with Gasteiger partial charge in [-0.25, -0.2) is 4.79 Å². The summed E-state index contributed by atoms with van der Waals surface area (Å²) in [5.74, 6) is -0.285. The summed E-state index contributed by atoms with van der Waals surface area (Å²) in [5, 5.41) is 17.7. The summed E-state index contributed by atoms with van der Waals surface area (Å²) in [6.07, 6.45) is 1.17. The smallest absolute Gasteiger partial charge is 0.332 e. The first-order chi connectivity index (χ1) is 9.06. The van der Waals surface area contributed by atoms with Gasteiger partial charge in [0.1, 0.15) is 6.07 Å². The van der Waals surface area contributed by atoms with Gasteiger partial charge in [-0.15, -0.1) is 0 Å². The Bertz CT molecular complexity index is 557. The molecule has 1 rings (SSSR count). The third-order valence-electron chi connectivity index (χ3n) is 2.27. The van der Waals surface area contributed by atoms with E-state index in [1.54, 1.807) is 24.3 Å². The molecular formula is C15H14N2O2. The third kappa shape index (κ3) is 4.65. The van der Waals surface area contributed by atoms with Crippen molar-refractivity contribution >= 4 is 11.5 Å². The van der Waals surface area contributed by atoms with Gasteiger partial charge in [-0.3, -0.25) is 0 Å². The van der Waals surface area contributed by atoms with Crippen LogP contribution < -0.4 is 0 Å². The molecule has 0 bridgehead atoms. The Morgan fingerprint density at radius 2 is 1.95 bits per heavy atom. The highest BCUT2D eigenvalue weighted by Crippen LogP contribution is 2.14. The Hall–Kier alpha value is -2.59. The van der Waals surface area contributed by atoms with Crippen LogP contribution in [0.1, 0.15) is 25.0 Å². The maximum atomic E-state index is 11.5. The predicted molar refractivity (Wildman–Crippen MR) is 70.5 cm³/mol. The molecule has 0 heterocycles. The molecule has 0 atom stereocenters. The number of carbonyl (C=O) groups is 1. The number of nitriles is 2. The first-order valence-electron chi connectivity index (χ1n) is 5.86. The largest absolute Gasteiger partial charge is 0.462 e. The molecule has 0 spiro atoms. The number of rotatable bonds is 4. The van der Waals surface area contributed by atoms with E-state index in [0.717, 1.165) is 0 Å². The number of hydrogen-bond donors (Lipinski definition) is 0. The minimum absolute atomic E-state index is 0.221. The molecular weight excluding hydrogens is 240 g/mol. The number of benzene rings is 1. The molecule has 0 aliphatic carbocycles. The summed E-state index contributed by atoms with van der Waals surface area (Å²) in [7, 11) is 0. The van der Waals surface area contributed by atoms with E-state index in [-0.39, 0.29) is 11.5 Å². The van der Waals surface area contributed by atoms with E-state index in [1.165, 1.54) is 6.08 Å². The molecule has 0 aromatic heterocycles. The number of esters is 1. The van der Waals surface area contributed by atoms with Crippen molar-refractivity contribution in [3.8, 4) is 12.1 Å². The van der Waals surface area contributed by atoms with Crippen molar-refractivity contribution in [2.75, 3.05) is 6.61 Å². The van der Waals surface area contributed by atoms with Crippen molar-refractivity contribution in [1.82, 2.24) is 0 Å². The number of nitrogens with zero attached hydrogens (tertiary/aromatic N) is 2. The molecule has 1 aromatic carbocycles. The standard InChI is InChI=1S/C15H14N2O2/c1-11(2)10-19-15(18)7-14(9-17)13-5-3-12(8-16)4-6-13/h3-7,11H,10H2,1-2H3. The van der Waals surface area contributed by atoms with Gasteiger partial charge in [0, 0.05) is 6.08 Å². The second-order valence-electron chi connectivity index (χ2n) is 4.38. The van der Waals surface area contributed by atoms with Crippen molar-refractivity contribution in [1.29, 1.82) is 10.5 Å². The maximum absolute atomic E-state index is 11.5. The summed E-state index contributed by atoms with van der Waals surface area (Å²) < 4.78 is 4.98. The van der Waals surface area contributed by atoms with Gasteiger partial charge in [-0.05, 0) is 23.6 Å². The maximum Gasteiger partial charge on any atom is 0.332 e. The Kier molecular flexibility index (Phi) is 5.32. The zero-order valence-electron chi connectivity index (χ0n) is 10.9. The van der Waals surface area contributed by atoms with E-state index < -0.39 is 5.97 Å². The quantitative estimate of drug-likeness (QED) is 0.470. The lowest BCUT2D eigenvalue weighted by atomic mass is 10.1. The van der Waals surface area contributed by atoms with Gasteiger partial charge in [-0.2, -0.15) is 10.5 Å². The fourth-order valence-electron chi connectivity index (χ4n) is 1.31. The van der Waals surface area contributed by atoms with Crippen LogP contribution in [-0.2, 0) is 9.53 Å². The topological polar surface area (TPSA) is 73.9 Å². The summed E-state index contributed by atoms with van der Waals surface area (Å²) in [6, 6.07) is 10.4. The zero-order chi connectivity index (χ0) is 14.3. The van der Waals surface area contributed by atoms with Gasteiger partial charge in [-0.1, -0.05) is 26.0 Å². The summed E-state index contributed by atoms with van der Waals surface area (Å²) in [4.78, 5) is 11.5. The lowest BCUT2D eigenvalue weighted by Gasteiger charge is -2.05. The Morgan fingerprint density at radius 3 is 2.42 bits per heavy atom. The van der Waals surface area contributed by atoms with Crippen LogP contribution in [0.4, 0.5) is 0 Å². The van der Waals surface area contributed by atoms with Crippen molar-refractivity contribution in [3.05, 3.63) is 41.5 Å². The number of allylic oxidation sites excluding steroid dienone is 1. The van der Waals surface area contributed by atoms with E-state index in [0.29, 0.717) is 17.7 Å². The number of carbonyl (C=O) groups excluding carboxylic acids is 1. The molecule has 96 valence electrons. The second-order valence-corrected chi connectivity index (χ2v) is 4.38. The van der Waals surface area contributed by atoms with E-state index in [1.807, 2.05) is 26.0 Å². The summed E-state index contributed by atoms with van der Waals surface area (Å²) in [6.45, 7) is 4.19. The van der Waals surface area contributed by atoms with Crippen molar-refractivity contribution < 1.29 is 9.53 Å². The molecule has 4 heteroatoms. The molecule has 4 nitrogen and oxygen atoms in total. The highest BCUT2D eigenvalue weighted by Gasteiger charge is 2.06. The van der Waals surface area contributed by atoms with E-state index in [9.17, 15) is 4.79 Å². The molecule has 0 fully saturated rings. The van der Waals surface area contributed by atoms with Gasteiger partial charge in [0.05, 0.1) is 23.8 Å². The van der Waals surface area contributed by atoms with Crippen LogP contribution in [0.5, 0.6) is 0 Å². The molecule has 0 saturated carbocycles. The summed E-state index contributed by atoms with van der Waals surface area (Å²) >= 11 is 0. The van der Waals surface area contributed by atoms with Crippen LogP contribution in [0.2, 0.25) is 0 Å². The normalized spacial score (nSPS) is 10.7. The molecule has 0 saturated heterocycles. The lowest BCUT2D eigenvalue weighted by Crippen LogP contribution is -2.07. The highest BCUT2D eigenvalue weighted by atomic mass is 16.5. The zero-order valence-corrected chi connectivity index (χ0v) is 10.9. The molecule has 0 aliphatic rings. The molecule has 0 N–H and O–H groups in total. The van der Waals surface area contributed by atoms with Crippen molar-refractivity contribution in [2.24, 2.45) is 5.92 Å². The Labute approximate surface area is 112 Å². The highest BCUT2D eigenvalue weighted by molar-refractivity contribution is 5.95. The molecule has 0 radical (unpaired) electrons. The van der Waals surface area contributed by atoms with Gasteiger partial charge in [0.15, 0.2) is 0 Å². The monoisotopic (exact) mass is 254 g/mol. The van der Waals surface area contributed by atoms with Crippen LogP contribution in [0.15, 0.2) is 30.3 Å². The summed E-state index contributed by atoms with van der Waals surface area (Å²) in [5.41, 5.74) is 1.31. The van der Waals surface area contributed by atoms with Crippen LogP contribution in [0.3, 0.4) is 0 Å². The molecule has 0 unspecified atom stereocenters. The van der Waals surface area contributed by atoms with Gasteiger partial charge in [0.25, 0.3) is 0 Å². The van der Waals surface area contributed by atoms with Crippen molar-refractivity contribution in [3.63, 3.8) is 0 Å². The fraction of sp³-hybridized carbons (Fsp3) is 0.267. The minimum Gasteiger partial charge on any atom is -0.462 e. The SMILES string of the molecule is CC(C)COC(=O)C=C(C#N)c1ccc(C#N)cc1. The average Bonchev–Trinajstić information content (AvgIpc) is 2.42. The fourth-order valence-corrected chi connectivity index (χ4v) is 1.31. The van der Waals surface area contributed by atoms with E-state index in [2.05, 4.69) is 0 Å². The van der Waals surface area contributed by atoms with Crippen molar-refractivity contribution in [2.45, 2.75) is 13.8 Å². The minimum atomic E-state index is -0.533. The number of ether oxygens (including phenoxy) is 1. The molecule has 1 aromatic rings. The van der Waals surface area contributed by atoms with Crippen LogP contribution in [0, 0.1) is 28.6 Å². The Balaban J connectivity index is 2.85. The van der Waals surface area contributed by atoms with Gasteiger partial charge < -0.3 is 4.74 Å². The number of hydrogen-bond acceptors (Lipinski definition) is 4. The molecule has 19 heavy (non-hydrogen) atoms. The van der Waals surface area contributed by atoms with Crippen LogP contribution in [0.25, 0.3) is 5.57 Å². The van der Waals surface area contributed by atoms with E-state index in [4.69, 9.17) is 15.3 Å².